The fourth-order valence-electron chi connectivity index (χ4n) is 2.25. The zero-order chi connectivity index (χ0) is 19.9. The Bertz CT molecular complexity index is 840. The van der Waals surface area contributed by atoms with Crippen molar-refractivity contribution in [3.05, 3.63) is 39.8 Å². The second-order valence-electron chi connectivity index (χ2n) is 6.96. The predicted octanol–water partition coefficient (Wildman–Crippen LogP) is 3.10. The first-order valence-electron chi connectivity index (χ1n) is 9.01. The van der Waals surface area contributed by atoms with Gasteiger partial charge in [-0.05, 0) is 37.1 Å². The second kappa shape index (κ2) is 9.16. The van der Waals surface area contributed by atoms with Crippen molar-refractivity contribution in [1.29, 1.82) is 0 Å². The molecule has 146 valence electrons. The van der Waals surface area contributed by atoms with E-state index in [1.165, 1.54) is 0 Å². The predicted molar refractivity (Wildman–Crippen MR) is 106 cm³/mol. The number of nitrogens with zero attached hydrogens (tertiary/aromatic N) is 3. The van der Waals surface area contributed by atoms with Crippen LogP contribution in [0.15, 0.2) is 28.1 Å². The van der Waals surface area contributed by atoms with Crippen molar-refractivity contribution in [1.82, 2.24) is 15.2 Å². The van der Waals surface area contributed by atoms with Crippen LogP contribution in [0.3, 0.4) is 0 Å². The molecule has 1 heterocycles. The molecule has 0 fully saturated rings. The molecule has 8 nitrogen and oxygen atoms in total. The molecule has 8 heteroatoms. The average Bonchev–Trinajstić information content (AvgIpc) is 2.60. The fourth-order valence-corrected chi connectivity index (χ4v) is 2.25. The van der Waals surface area contributed by atoms with E-state index < -0.39 is 0 Å². The van der Waals surface area contributed by atoms with Crippen LogP contribution in [0.4, 0.5) is 5.95 Å². The van der Waals surface area contributed by atoms with E-state index in [2.05, 4.69) is 25.7 Å². The average molecular weight is 373 g/mol. The van der Waals surface area contributed by atoms with Crippen LogP contribution < -0.4 is 20.5 Å². The van der Waals surface area contributed by atoms with Crippen LogP contribution in [0.2, 0.25) is 0 Å². The third-order valence-electron chi connectivity index (χ3n) is 3.52. The molecule has 0 spiro atoms. The van der Waals surface area contributed by atoms with Crippen LogP contribution >= 0.6 is 0 Å². The lowest BCUT2D eigenvalue weighted by molar-refractivity contribution is 0.277. The molecule has 0 aliphatic carbocycles. The number of hydrogen-bond donors (Lipinski definition) is 2. The molecule has 2 aromatic rings. The highest BCUT2D eigenvalue weighted by Gasteiger charge is 2.20. The van der Waals surface area contributed by atoms with E-state index in [0.717, 1.165) is 12.0 Å². The number of H-pyrrole nitrogens is 1. The topological polar surface area (TPSA) is 101 Å². The Kier molecular flexibility index (Phi) is 6.92. The van der Waals surface area contributed by atoms with Crippen molar-refractivity contribution in [3.8, 4) is 11.5 Å². The van der Waals surface area contributed by atoms with E-state index in [9.17, 15) is 4.79 Å². The number of nitrogens with one attached hydrogen (secondary N) is 2. The van der Waals surface area contributed by atoms with Gasteiger partial charge in [0.05, 0.1) is 19.4 Å². The highest BCUT2D eigenvalue weighted by molar-refractivity contribution is 5.81. The molecule has 0 aliphatic heterocycles. The highest BCUT2D eigenvalue weighted by atomic mass is 16.5. The first-order valence-corrected chi connectivity index (χ1v) is 9.01. The molecule has 0 saturated carbocycles. The smallest absolute Gasteiger partial charge is 0.274 e. The van der Waals surface area contributed by atoms with Gasteiger partial charge < -0.3 is 9.47 Å². The minimum atomic E-state index is -0.375. The molecule has 0 atom stereocenters. The first kappa shape index (κ1) is 20.4. The molecule has 27 heavy (non-hydrogen) atoms. The molecule has 0 saturated heterocycles. The Labute approximate surface area is 159 Å². The number of aromatic amines is 1. The minimum Gasteiger partial charge on any atom is -0.490 e. The summed E-state index contributed by atoms with van der Waals surface area (Å²) >= 11 is 0. The summed E-state index contributed by atoms with van der Waals surface area (Å²) in [5, 5.41) is 12.0. The lowest BCUT2D eigenvalue weighted by Gasteiger charge is -2.15. The molecule has 0 unspecified atom stereocenters. The Morgan fingerprint density at radius 2 is 1.96 bits per heavy atom. The number of anilines is 1. The Balaban J connectivity index is 2.10. The van der Waals surface area contributed by atoms with Crippen molar-refractivity contribution in [2.45, 2.75) is 46.5 Å². The van der Waals surface area contributed by atoms with Gasteiger partial charge in [0.25, 0.3) is 5.56 Å². The van der Waals surface area contributed by atoms with Crippen LogP contribution in [-0.4, -0.2) is 34.6 Å². The normalized spacial score (nSPS) is 11.6. The number of hydrazone groups is 1. The highest BCUT2D eigenvalue weighted by Crippen LogP contribution is 2.28. The van der Waals surface area contributed by atoms with Crippen molar-refractivity contribution >= 4 is 12.2 Å². The van der Waals surface area contributed by atoms with E-state index in [-0.39, 0.29) is 16.9 Å². The van der Waals surface area contributed by atoms with Gasteiger partial charge >= 0.3 is 0 Å². The van der Waals surface area contributed by atoms with Crippen molar-refractivity contribution in [3.63, 3.8) is 0 Å². The number of benzene rings is 1. The standard InChI is InChI=1S/C19H27N5O3/c1-6-10-27-14-9-8-13(11-15(14)26-7-2)12-20-23-18-21-17(25)16(22-24-18)19(3,4)5/h8-9,11-12H,6-7,10H2,1-5H3,(H2,21,23,24,25)/b20-12+. The lowest BCUT2D eigenvalue weighted by atomic mass is 9.93. The number of aromatic nitrogens is 3. The van der Waals surface area contributed by atoms with Gasteiger partial charge in [0.2, 0.25) is 5.95 Å². The maximum absolute atomic E-state index is 12.1. The van der Waals surface area contributed by atoms with Gasteiger partial charge in [0.1, 0.15) is 5.69 Å². The summed E-state index contributed by atoms with van der Waals surface area (Å²) < 4.78 is 11.3. The maximum Gasteiger partial charge on any atom is 0.274 e. The summed E-state index contributed by atoms with van der Waals surface area (Å²) in [6.45, 7) is 10.9. The molecular weight excluding hydrogens is 346 g/mol. The van der Waals surface area contributed by atoms with Crippen molar-refractivity contribution in [2.75, 3.05) is 18.6 Å². The Morgan fingerprint density at radius 3 is 2.59 bits per heavy atom. The Hall–Kier alpha value is -2.90. The molecule has 0 aliphatic rings. The zero-order valence-electron chi connectivity index (χ0n) is 16.5. The molecule has 0 radical (unpaired) electrons. The van der Waals surface area contributed by atoms with E-state index >= 15 is 0 Å². The van der Waals surface area contributed by atoms with Gasteiger partial charge in [0, 0.05) is 5.41 Å². The third kappa shape index (κ3) is 5.80. The second-order valence-corrected chi connectivity index (χ2v) is 6.96. The number of ether oxygens (including phenoxy) is 2. The summed E-state index contributed by atoms with van der Waals surface area (Å²) in [5.41, 5.74) is 3.21. The molecule has 1 aromatic heterocycles. The van der Waals surface area contributed by atoms with Crippen molar-refractivity contribution in [2.24, 2.45) is 5.10 Å². The van der Waals surface area contributed by atoms with E-state index in [0.29, 0.717) is 30.4 Å². The SMILES string of the molecule is CCCOc1ccc(/C=N/Nc2nnc(C(C)(C)C)c(=O)[nH]2)cc1OCC. The van der Waals surface area contributed by atoms with Gasteiger partial charge in [-0.25, -0.2) is 5.43 Å². The summed E-state index contributed by atoms with van der Waals surface area (Å²) in [6, 6.07) is 5.56. The van der Waals surface area contributed by atoms with E-state index in [1.807, 2.05) is 52.8 Å². The van der Waals surface area contributed by atoms with Gasteiger partial charge in [-0.1, -0.05) is 27.7 Å². The van der Waals surface area contributed by atoms with Crippen LogP contribution in [0, 0.1) is 0 Å². The summed E-state index contributed by atoms with van der Waals surface area (Å²) in [6.07, 6.45) is 2.52. The lowest BCUT2D eigenvalue weighted by Crippen LogP contribution is -2.28. The number of hydrogen-bond acceptors (Lipinski definition) is 7. The van der Waals surface area contributed by atoms with E-state index in [4.69, 9.17) is 9.47 Å². The number of rotatable bonds is 8. The van der Waals surface area contributed by atoms with Gasteiger partial charge in [0.15, 0.2) is 11.5 Å². The molecular formula is C19H27N5O3. The summed E-state index contributed by atoms with van der Waals surface area (Å²) in [5.74, 6) is 1.55. The largest absolute Gasteiger partial charge is 0.490 e. The summed E-state index contributed by atoms with van der Waals surface area (Å²) in [4.78, 5) is 14.7. The van der Waals surface area contributed by atoms with Crippen molar-refractivity contribution < 1.29 is 9.47 Å². The molecule has 1 aromatic carbocycles. The van der Waals surface area contributed by atoms with Crippen LogP contribution in [0.1, 0.15) is 52.3 Å². The van der Waals surface area contributed by atoms with Gasteiger partial charge in [-0.3, -0.25) is 9.78 Å². The zero-order valence-corrected chi connectivity index (χ0v) is 16.5. The summed E-state index contributed by atoms with van der Waals surface area (Å²) in [7, 11) is 0. The minimum absolute atomic E-state index is 0.178. The Morgan fingerprint density at radius 1 is 1.19 bits per heavy atom. The molecule has 2 N–H and O–H groups in total. The van der Waals surface area contributed by atoms with E-state index in [1.54, 1.807) is 6.21 Å². The quantitative estimate of drug-likeness (QED) is 0.545. The molecule has 0 amide bonds. The van der Waals surface area contributed by atoms with Crippen LogP contribution in [0.25, 0.3) is 0 Å². The molecule has 0 bridgehead atoms. The van der Waals surface area contributed by atoms with Gasteiger partial charge in [-0.2, -0.15) is 5.10 Å². The van der Waals surface area contributed by atoms with Crippen LogP contribution in [-0.2, 0) is 5.41 Å². The van der Waals surface area contributed by atoms with Crippen LogP contribution in [0.5, 0.6) is 11.5 Å². The monoisotopic (exact) mass is 373 g/mol. The molecule has 2 rings (SSSR count). The first-order chi connectivity index (χ1) is 12.8. The maximum atomic E-state index is 12.1. The third-order valence-corrected chi connectivity index (χ3v) is 3.52. The fraction of sp³-hybridized carbons (Fsp3) is 0.474. The van der Waals surface area contributed by atoms with Gasteiger partial charge in [-0.15, -0.1) is 10.2 Å².